The molecule has 92 valence electrons. The van der Waals surface area contributed by atoms with Crippen LogP contribution in [0.5, 0.6) is 0 Å². The standard InChI is InChI=1S/C12H12N4OS/c1-8-5-11(16(2)15-8)12(17)14-10(6-13)9-3-4-18-7-9/h3-5,7,10H,1-2H3,(H,14,17). The van der Waals surface area contributed by atoms with E-state index in [1.54, 1.807) is 13.1 Å². The zero-order valence-electron chi connectivity index (χ0n) is 10.0. The topological polar surface area (TPSA) is 70.7 Å². The zero-order chi connectivity index (χ0) is 13.1. The van der Waals surface area contributed by atoms with Gasteiger partial charge in [0.2, 0.25) is 0 Å². The van der Waals surface area contributed by atoms with Crippen molar-refractivity contribution in [3.8, 4) is 6.07 Å². The van der Waals surface area contributed by atoms with Crippen molar-refractivity contribution >= 4 is 17.2 Å². The van der Waals surface area contributed by atoms with Crippen LogP contribution in [-0.2, 0) is 7.05 Å². The van der Waals surface area contributed by atoms with Crippen molar-refractivity contribution in [3.63, 3.8) is 0 Å². The summed E-state index contributed by atoms with van der Waals surface area (Å²) in [6, 6.07) is 4.97. The van der Waals surface area contributed by atoms with Gasteiger partial charge in [-0.15, -0.1) is 0 Å². The molecule has 0 aliphatic carbocycles. The molecule has 1 atom stereocenters. The smallest absolute Gasteiger partial charge is 0.270 e. The molecule has 0 aliphatic rings. The van der Waals surface area contributed by atoms with Crippen molar-refractivity contribution in [2.24, 2.45) is 7.05 Å². The summed E-state index contributed by atoms with van der Waals surface area (Å²) in [5.41, 5.74) is 2.02. The minimum Gasteiger partial charge on any atom is -0.331 e. The van der Waals surface area contributed by atoms with Gasteiger partial charge < -0.3 is 5.32 Å². The molecule has 0 aromatic carbocycles. The SMILES string of the molecule is Cc1cc(C(=O)NC(C#N)c2ccsc2)n(C)n1. The summed E-state index contributed by atoms with van der Waals surface area (Å²) in [5.74, 6) is -0.296. The van der Waals surface area contributed by atoms with Gasteiger partial charge in [-0.25, -0.2) is 0 Å². The van der Waals surface area contributed by atoms with E-state index in [-0.39, 0.29) is 5.91 Å². The lowest BCUT2D eigenvalue weighted by Gasteiger charge is -2.09. The van der Waals surface area contributed by atoms with Crippen molar-refractivity contribution in [3.05, 3.63) is 39.8 Å². The van der Waals surface area contributed by atoms with Crippen LogP contribution in [0.15, 0.2) is 22.9 Å². The fourth-order valence-corrected chi connectivity index (χ4v) is 2.34. The van der Waals surface area contributed by atoms with Gasteiger partial charge in [0.05, 0.1) is 11.8 Å². The maximum absolute atomic E-state index is 12.0. The van der Waals surface area contributed by atoms with E-state index in [4.69, 9.17) is 5.26 Å². The Balaban J connectivity index is 2.16. The molecule has 6 heteroatoms. The highest BCUT2D eigenvalue weighted by Gasteiger charge is 2.18. The van der Waals surface area contributed by atoms with Crippen molar-refractivity contribution < 1.29 is 4.79 Å². The van der Waals surface area contributed by atoms with Gasteiger partial charge in [0, 0.05) is 7.05 Å². The molecule has 2 aromatic rings. The van der Waals surface area contributed by atoms with E-state index in [9.17, 15) is 4.79 Å². The number of hydrogen-bond acceptors (Lipinski definition) is 4. The Kier molecular flexibility index (Phi) is 3.44. The monoisotopic (exact) mass is 260 g/mol. The molecule has 2 rings (SSSR count). The summed E-state index contributed by atoms with van der Waals surface area (Å²) in [5, 5.41) is 19.6. The molecule has 0 bridgehead atoms. The Bertz CT molecular complexity index is 594. The summed E-state index contributed by atoms with van der Waals surface area (Å²) in [6.07, 6.45) is 0. The zero-order valence-corrected chi connectivity index (χ0v) is 10.9. The Morgan fingerprint density at radius 3 is 2.94 bits per heavy atom. The van der Waals surface area contributed by atoms with Gasteiger partial charge in [0.1, 0.15) is 11.7 Å². The molecule has 0 saturated heterocycles. The molecule has 18 heavy (non-hydrogen) atoms. The molecule has 0 saturated carbocycles. The summed E-state index contributed by atoms with van der Waals surface area (Å²) in [7, 11) is 1.70. The van der Waals surface area contributed by atoms with Gasteiger partial charge in [0.15, 0.2) is 0 Å². The van der Waals surface area contributed by atoms with E-state index in [2.05, 4.69) is 16.5 Å². The molecule has 0 spiro atoms. The highest BCUT2D eigenvalue weighted by molar-refractivity contribution is 7.08. The van der Waals surface area contributed by atoms with Gasteiger partial charge in [0.25, 0.3) is 5.91 Å². The van der Waals surface area contributed by atoms with Gasteiger partial charge in [-0.05, 0) is 35.4 Å². The Hall–Kier alpha value is -2.13. The first-order chi connectivity index (χ1) is 8.61. The van der Waals surface area contributed by atoms with Crippen LogP contribution in [0.2, 0.25) is 0 Å². The highest BCUT2D eigenvalue weighted by atomic mass is 32.1. The summed E-state index contributed by atoms with van der Waals surface area (Å²) in [4.78, 5) is 12.0. The van der Waals surface area contributed by atoms with Crippen LogP contribution in [0, 0.1) is 18.3 Å². The number of carbonyl (C=O) groups excluding carboxylic acids is 1. The number of aryl methyl sites for hydroxylation is 2. The summed E-state index contributed by atoms with van der Waals surface area (Å²) < 4.78 is 1.51. The molecule has 2 aromatic heterocycles. The second kappa shape index (κ2) is 5.02. The summed E-state index contributed by atoms with van der Waals surface area (Å²) in [6.45, 7) is 1.82. The number of rotatable bonds is 3. The molecule has 0 aliphatic heterocycles. The first-order valence-corrected chi connectivity index (χ1v) is 6.29. The molecule has 2 heterocycles. The summed E-state index contributed by atoms with van der Waals surface area (Å²) >= 11 is 1.49. The molecule has 0 fully saturated rings. The number of hydrogen-bond donors (Lipinski definition) is 1. The average Bonchev–Trinajstić information content (AvgIpc) is 2.95. The Labute approximate surface area is 109 Å². The van der Waals surface area contributed by atoms with E-state index < -0.39 is 6.04 Å². The molecular weight excluding hydrogens is 248 g/mol. The predicted octanol–water partition coefficient (Wildman–Crippen LogP) is 1.78. The second-order valence-electron chi connectivity index (χ2n) is 3.89. The molecule has 1 amide bonds. The highest BCUT2D eigenvalue weighted by Crippen LogP contribution is 2.16. The van der Waals surface area contributed by atoms with Crippen molar-refractivity contribution in [1.29, 1.82) is 5.26 Å². The maximum Gasteiger partial charge on any atom is 0.270 e. The lowest BCUT2D eigenvalue weighted by molar-refractivity contribution is 0.0935. The van der Waals surface area contributed by atoms with Crippen molar-refractivity contribution in [1.82, 2.24) is 15.1 Å². The number of carbonyl (C=O) groups is 1. The lowest BCUT2D eigenvalue weighted by atomic mass is 10.1. The Morgan fingerprint density at radius 1 is 1.67 bits per heavy atom. The van der Waals surface area contributed by atoms with E-state index in [1.807, 2.05) is 23.8 Å². The maximum atomic E-state index is 12.0. The Morgan fingerprint density at radius 2 is 2.44 bits per heavy atom. The minimum atomic E-state index is -0.626. The van der Waals surface area contributed by atoms with Crippen molar-refractivity contribution in [2.45, 2.75) is 13.0 Å². The number of aromatic nitrogens is 2. The minimum absolute atomic E-state index is 0.296. The van der Waals surface area contributed by atoms with Crippen LogP contribution in [0.4, 0.5) is 0 Å². The molecule has 5 nitrogen and oxygen atoms in total. The predicted molar refractivity (Wildman–Crippen MR) is 68.1 cm³/mol. The van der Waals surface area contributed by atoms with Gasteiger partial charge >= 0.3 is 0 Å². The molecule has 1 N–H and O–H groups in total. The second-order valence-corrected chi connectivity index (χ2v) is 4.67. The number of nitrogens with zero attached hydrogens (tertiary/aromatic N) is 3. The third-order valence-electron chi connectivity index (χ3n) is 2.52. The number of amides is 1. The van der Waals surface area contributed by atoms with Crippen molar-refractivity contribution in [2.75, 3.05) is 0 Å². The van der Waals surface area contributed by atoms with Gasteiger partial charge in [-0.3, -0.25) is 9.48 Å². The normalized spacial score (nSPS) is 11.8. The fourth-order valence-electron chi connectivity index (χ4n) is 1.66. The first kappa shape index (κ1) is 12.3. The van der Waals surface area contributed by atoms with Crippen LogP contribution in [0.1, 0.15) is 27.8 Å². The number of thiophene rings is 1. The van der Waals surface area contributed by atoms with E-state index in [0.717, 1.165) is 11.3 Å². The number of nitrogens with one attached hydrogen (secondary N) is 1. The first-order valence-electron chi connectivity index (χ1n) is 5.35. The molecule has 1 unspecified atom stereocenters. The van der Waals surface area contributed by atoms with Gasteiger partial charge in [-0.1, -0.05) is 0 Å². The van der Waals surface area contributed by atoms with Crippen LogP contribution in [0.3, 0.4) is 0 Å². The molecule has 0 radical (unpaired) electrons. The lowest BCUT2D eigenvalue weighted by Crippen LogP contribution is -2.29. The fraction of sp³-hybridized carbons (Fsp3) is 0.250. The largest absolute Gasteiger partial charge is 0.331 e. The van der Waals surface area contributed by atoms with Crippen LogP contribution in [0.25, 0.3) is 0 Å². The van der Waals surface area contributed by atoms with E-state index in [0.29, 0.717) is 5.69 Å². The van der Waals surface area contributed by atoms with E-state index in [1.165, 1.54) is 16.0 Å². The quantitative estimate of drug-likeness (QED) is 0.914. The third kappa shape index (κ3) is 2.41. The van der Waals surface area contributed by atoms with Crippen LogP contribution in [-0.4, -0.2) is 15.7 Å². The van der Waals surface area contributed by atoms with E-state index >= 15 is 0 Å². The van der Waals surface area contributed by atoms with Crippen LogP contribution >= 0.6 is 11.3 Å². The third-order valence-corrected chi connectivity index (χ3v) is 3.22. The molecular formula is C12H12N4OS. The van der Waals surface area contributed by atoms with Crippen LogP contribution < -0.4 is 5.32 Å². The number of nitriles is 1. The van der Waals surface area contributed by atoms with Gasteiger partial charge in [-0.2, -0.15) is 21.7 Å². The average molecular weight is 260 g/mol.